The molecule has 0 radical (unpaired) electrons. The van der Waals surface area contributed by atoms with Crippen LogP contribution in [0, 0.1) is 0 Å². The van der Waals surface area contributed by atoms with Gasteiger partial charge >= 0.3 is 5.69 Å². The molecule has 5 heteroatoms. The van der Waals surface area contributed by atoms with Gasteiger partial charge in [0, 0.05) is 24.3 Å². The van der Waals surface area contributed by atoms with Gasteiger partial charge in [-0.05, 0) is 42.7 Å². The van der Waals surface area contributed by atoms with Crippen molar-refractivity contribution in [2.75, 3.05) is 18.0 Å². The molecule has 0 saturated carbocycles. The van der Waals surface area contributed by atoms with E-state index in [1.165, 1.54) is 18.5 Å². The topological polar surface area (TPSA) is 51.9 Å². The van der Waals surface area contributed by atoms with E-state index >= 15 is 0 Å². The van der Waals surface area contributed by atoms with Crippen molar-refractivity contribution in [3.05, 3.63) is 51.9 Å². The van der Waals surface area contributed by atoms with Crippen LogP contribution in [-0.2, 0) is 0 Å². The van der Waals surface area contributed by atoms with E-state index in [4.69, 9.17) is 11.6 Å². The predicted octanol–water partition coefficient (Wildman–Crippen LogP) is 3.78. The monoisotopic (exact) mass is 313 g/mol. The minimum atomic E-state index is -0.215. The largest absolute Gasteiger partial charge is 0.372 e. The van der Waals surface area contributed by atoms with E-state index in [1.807, 2.05) is 6.07 Å². The van der Waals surface area contributed by atoms with Crippen LogP contribution in [0.3, 0.4) is 0 Å². The molecule has 0 amide bonds. The summed E-state index contributed by atoms with van der Waals surface area (Å²) in [5.74, 6) is 0. The molecule has 4 nitrogen and oxygen atoms in total. The first kappa shape index (κ1) is 13.5. The normalized spacial score (nSPS) is 14.9. The number of halogens is 1. The summed E-state index contributed by atoms with van der Waals surface area (Å²) < 4.78 is 0. The van der Waals surface area contributed by atoms with Crippen molar-refractivity contribution in [2.45, 2.75) is 12.8 Å². The third-order valence-corrected chi connectivity index (χ3v) is 4.57. The summed E-state index contributed by atoms with van der Waals surface area (Å²) in [6.45, 7) is 2.27. The average Bonchev–Trinajstić information content (AvgIpc) is 3.15. The number of imidazole rings is 1. The van der Waals surface area contributed by atoms with Crippen molar-refractivity contribution in [1.29, 1.82) is 0 Å². The maximum atomic E-state index is 11.4. The maximum absolute atomic E-state index is 11.4. The zero-order valence-electron chi connectivity index (χ0n) is 12.0. The smallest absolute Gasteiger partial charge is 0.323 e. The van der Waals surface area contributed by atoms with Gasteiger partial charge in [0.25, 0.3) is 0 Å². The molecule has 0 unspecified atom stereocenters. The molecule has 1 fully saturated rings. The highest BCUT2D eigenvalue weighted by atomic mass is 35.5. The molecule has 1 aromatic heterocycles. The van der Waals surface area contributed by atoms with Crippen LogP contribution in [-0.4, -0.2) is 23.1 Å². The third-order valence-electron chi connectivity index (χ3n) is 4.25. The van der Waals surface area contributed by atoms with Crippen molar-refractivity contribution in [2.24, 2.45) is 0 Å². The molecule has 4 rings (SSSR count). The van der Waals surface area contributed by atoms with Gasteiger partial charge in [-0.3, -0.25) is 0 Å². The summed E-state index contributed by atoms with van der Waals surface area (Å²) in [5, 5.41) is 0.636. The number of nitrogens with one attached hydrogen (secondary N) is 2. The van der Waals surface area contributed by atoms with Crippen LogP contribution >= 0.6 is 11.6 Å². The lowest BCUT2D eigenvalue weighted by atomic mass is 10.0. The number of hydrogen-bond donors (Lipinski definition) is 2. The SMILES string of the molecule is O=c1[nH]c2cc(Cl)c(-c3ccc(N4CCCC4)cc3)cc2[nH]1. The number of aromatic amines is 2. The Kier molecular flexibility index (Phi) is 3.19. The molecule has 2 heterocycles. The van der Waals surface area contributed by atoms with E-state index in [0.29, 0.717) is 5.02 Å². The Labute approximate surface area is 132 Å². The standard InChI is InChI=1S/C17H16ClN3O/c18-14-10-16-15(19-17(22)20-16)9-13(14)11-3-5-12(6-4-11)21-7-1-2-8-21/h3-6,9-10H,1-2,7-8H2,(H2,19,20,22). The number of aromatic nitrogens is 2. The second-order valence-corrected chi connectivity index (χ2v) is 6.10. The Morgan fingerprint density at radius 2 is 1.59 bits per heavy atom. The lowest BCUT2D eigenvalue weighted by Gasteiger charge is -2.18. The van der Waals surface area contributed by atoms with Gasteiger partial charge in [-0.2, -0.15) is 0 Å². The first-order valence-electron chi connectivity index (χ1n) is 7.48. The Balaban J connectivity index is 1.74. The molecule has 0 aliphatic carbocycles. The van der Waals surface area contributed by atoms with Crippen LogP contribution in [0.15, 0.2) is 41.2 Å². The van der Waals surface area contributed by atoms with E-state index in [-0.39, 0.29) is 5.69 Å². The molecule has 0 bridgehead atoms. The first-order chi connectivity index (χ1) is 10.7. The van der Waals surface area contributed by atoms with Crippen molar-refractivity contribution < 1.29 is 0 Å². The van der Waals surface area contributed by atoms with Crippen LogP contribution in [0.5, 0.6) is 0 Å². The number of fused-ring (bicyclic) bond motifs is 1. The Bertz CT molecular complexity index is 873. The molecule has 0 atom stereocenters. The number of rotatable bonds is 2. The summed E-state index contributed by atoms with van der Waals surface area (Å²) in [6.07, 6.45) is 2.54. The minimum Gasteiger partial charge on any atom is -0.372 e. The fourth-order valence-corrected chi connectivity index (χ4v) is 3.38. The third kappa shape index (κ3) is 2.29. The predicted molar refractivity (Wildman–Crippen MR) is 90.8 cm³/mol. The zero-order chi connectivity index (χ0) is 15.1. The van der Waals surface area contributed by atoms with Crippen LogP contribution in [0.1, 0.15) is 12.8 Å². The molecular formula is C17H16ClN3O. The maximum Gasteiger partial charge on any atom is 0.323 e. The fraction of sp³-hybridized carbons (Fsp3) is 0.235. The van der Waals surface area contributed by atoms with Gasteiger partial charge in [-0.15, -0.1) is 0 Å². The summed E-state index contributed by atoms with van der Waals surface area (Å²) in [6, 6.07) is 12.2. The number of hydrogen-bond acceptors (Lipinski definition) is 2. The van der Waals surface area contributed by atoms with E-state index in [2.05, 4.69) is 39.1 Å². The van der Waals surface area contributed by atoms with Crippen LogP contribution in [0.2, 0.25) is 5.02 Å². The second-order valence-electron chi connectivity index (χ2n) is 5.70. The molecule has 3 aromatic rings. The average molecular weight is 314 g/mol. The van der Waals surface area contributed by atoms with Gasteiger partial charge in [0.2, 0.25) is 0 Å². The highest BCUT2D eigenvalue weighted by Crippen LogP contribution is 2.32. The van der Waals surface area contributed by atoms with Gasteiger partial charge in [-0.1, -0.05) is 23.7 Å². The minimum absolute atomic E-state index is 0.215. The lowest BCUT2D eigenvalue weighted by molar-refractivity contribution is 0.949. The van der Waals surface area contributed by atoms with Crippen molar-refractivity contribution >= 4 is 28.3 Å². The van der Waals surface area contributed by atoms with E-state index in [9.17, 15) is 4.79 Å². The summed E-state index contributed by atoms with van der Waals surface area (Å²) in [4.78, 5) is 19.3. The molecule has 1 aliphatic rings. The van der Waals surface area contributed by atoms with Gasteiger partial charge in [0.15, 0.2) is 0 Å². The van der Waals surface area contributed by atoms with Crippen LogP contribution < -0.4 is 10.6 Å². The Hall–Kier alpha value is -2.20. The Morgan fingerprint density at radius 1 is 0.955 bits per heavy atom. The van der Waals surface area contributed by atoms with Crippen molar-refractivity contribution in [3.8, 4) is 11.1 Å². The molecule has 2 N–H and O–H groups in total. The fourth-order valence-electron chi connectivity index (χ4n) is 3.10. The van der Waals surface area contributed by atoms with Gasteiger partial charge in [0.1, 0.15) is 0 Å². The first-order valence-corrected chi connectivity index (χ1v) is 7.85. The quantitative estimate of drug-likeness (QED) is 0.756. The van der Waals surface area contributed by atoms with Crippen molar-refractivity contribution in [1.82, 2.24) is 9.97 Å². The molecule has 0 spiro atoms. The van der Waals surface area contributed by atoms with E-state index in [0.717, 1.165) is 35.2 Å². The highest BCUT2D eigenvalue weighted by molar-refractivity contribution is 6.34. The van der Waals surface area contributed by atoms with Crippen molar-refractivity contribution in [3.63, 3.8) is 0 Å². The van der Waals surface area contributed by atoms with Crippen LogP contribution in [0.25, 0.3) is 22.2 Å². The summed E-state index contributed by atoms with van der Waals surface area (Å²) >= 11 is 6.37. The molecule has 1 saturated heterocycles. The number of nitrogens with zero attached hydrogens (tertiary/aromatic N) is 1. The lowest BCUT2D eigenvalue weighted by Crippen LogP contribution is -2.17. The van der Waals surface area contributed by atoms with E-state index in [1.54, 1.807) is 6.07 Å². The number of H-pyrrole nitrogens is 2. The highest BCUT2D eigenvalue weighted by Gasteiger charge is 2.13. The summed E-state index contributed by atoms with van der Waals surface area (Å²) in [5.41, 5.74) is 4.52. The van der Waals surface area contributed by atoms with Crippen LogP contribution in [0.4, 0.5) is 5.69 Å². The second kappa shape index (κ2) is 5.21. The zero-order valence-corrected chi connectivity index (χ0v) is 12.8. The molecule has 1 aliphatic heterocycles. The summed E-state index contributed by atoms with van der Waals surface area (Å²) in [7, 11) is 0. The van der Waals surface area contributed by atoms with E-state index < -0.39 is 0 Å². The van der Waals surface area contributed by atoms with Gasteiger partial charge in [0.05, 0.1) is 16.1 Å². The van der Waals surface area contributed by atoms with Gasteiger partial charge in [-0.25, -0.2) is 4.79 Å². The molecular weight excluding hydrogens is 298 g/mol. The molecule has 112 valence electrons. The van der Waals surface area contributed by atoms with Gasteiger partial charge < -0.3 is 14.9 Å². The Morgan fingerprint density at radius 3 is 2.27 bits per heavy atom. The number of benzene rings is 2. The molecule has 2 aromatic carbocycles. The number of anilines is 1. The molecule has 22 heavy (non-hydrogen) atoms.